The number of carbonyl (C=O) groups is 1. The summed E-state index contributed by atoms with van der Waals surface area (Å²) in [5.74, 6) is 0. The van der Waals surface area contributed by atoms with Crippen LogP contribution in [0.5, 0.6) is 0 Å². The topological polar surface area (TPSA) is 17.1 Å². The fourth-order valence-corrected chi connectivity index (χ4v) is 1.71. The average Bonchev–Trinajstić information content (AvgIpc) is 2.40. The van der Waals surface area contributed by atoms with Crippen LogP contribution in [-0.2, 0) is 0 Å². The Balaban J connectivity index is 2.27. The maximum absolute atomic E-state index is 10.6. The molecule has 0 aliphatic heterocycles. The van der Waals surface area contributed by atoms with Crippen molar-refractivity contribution in [2.75, 3.05) is 0 Å². The standard InChI is InChI=1S/C16H14O/c1-13(11-14-5-3-2-4-6-14)16-9-7-15(12-17)8-10-16/h2-12H,1H3/b13-11+. The minimum Gasteiger partial charge on any atom is -0.298 e. The zero-order valence-corrected chi connectivity index (χ0v) is 9.76. The molecule has 0 bridgehead atoms. The number of hydrogen-bond donors (Lipinski definition) is 0. The molecule has 0 atom stereocenters. The van der Waals surface area contributed by atoms with Crippen LogP contribution in [0.2, 0.25) is 0 Å². The molecular weight excluding hydrogens is 208 g/mol. The lowest BCUT2D eigenvalue weighted by Crippen LogP contribution is -1.83. The van der Waals surface area contributed by atoms with Gasteiger partial charge in [0.15, 0.2) is 0 Å². The molecule has 0 aliphatic rings. The van der Waals surface area contributed by atoms with Gasteiger partial charge in [0.1, 0.15) is 6.29 Å². The quantitative estimate of drug-likeness (QED) is 0.565. The zero-order chi connectivity index (χ0) is 12.1. The van der Waals surface area contributed by atoms with Crippen LogP contribution in [0, 0.1) is 0 Å². The van der Waals surface area contributed by atoms with Crippen molar-refractivity contribution in [3.8, 4) is 0 Å². The summed E-state index contributed by atoms with van der Waals surface area (Å²) >= 11 is 0. The number of carbonyl (C=O) groups excluding carboxylic acids is 1. The Kier molecular flexibility index (Phi) is 3.51. The fourth-order valence-electron chi connectivity index (χ4n) is 1.71. The second-order valence-corrected chi connectivity index (χ2v) is 3.98. The summed E-state index contributed by atoms with van der Waals surface area (Å²) in [4.78, 5) is 10.6. The van der Waals surface area contributed by atoms with Crippen molar-refractivity contribution in [3.63, 3.8) is 0 Å². The van der Waals surface area contributed by atoms with Gasteiger partial charge in [-0.25, -0.2) is 0 Å². The largest absolute Gasteiger partial charge is 0.298 e. The molecule has 17 heavy (non-hydrogen) atoms. The lowest BCUT2D eigenvalue weighted by Gasteiger charge is -2.02. The first-order valence-corrected chi connectivity index (χ1v) is 5.58. The SMILES string of the molecule is C/C(=C\c1ccccc1)c1ccc(C=O)cc1. The monoisotopic (exact) mass is 222 g/mol. The summed E-state index contributed by atoms with van der Waals surface area (Å²) in [5, 5.41) is 0. The highest BCUT2D eigenvalue weighted by atomic mass is 16.1. The zero-order valence-electron chi connectivity index (χ0n) is 9.76. The Morgan fingerprint density at radius 1 is 0.882 bits per heavy atom. The molecule has 0 amide bonds. The van der Waals surface area contributed by atoms with E-state index in [-0.39, 0.29) is 0 Å². The molecule has 2 rings (SSSR count). The van der Waals surface area contributed by atoms with Gasteiger partial charge in [0, 0.05) is 5.56 Å². The van der Waals surface area contributed by atoms with Crippen LogP contribution in [0.25, 0.3) is 11.6 Å². The van der Waals surface area contributed by atoms with Gasteiger partial charge >= 0.3 is 0 Å². The van der Waals surface area contributed by atoms with Crippen molar-refractivity contribution in [2.24, 2.45) is 0 Å². The van der Waals surface area contributed by atoms with E-state index in [1.807, 2.05) is 42.5 Å². The number of benzene rings is 2. The minimum atomic E-state index is 0.710. The third-order valence-corrected chi connectivity index (χ3v) is 2.68. The van der Waals surface area contributed by atoms with Gasteiger partial charge in [0.25, 0.3) is 0 Å². The van der Waals surface area contributed by atoms with Gasteiger partial charge in [-0.15, -0.1) is 0 Å². The van der Waals surface area contributed by atoms with E-state index >= 15 is 0 Å². The highest BCUT2D eigenvalue weighted by Crippen LogP contribution is 2.17. The molecule has 0 N–H and O–H groups in total. The second kappa shape index (κ2) is 5.26. The highest BCUT2D eigenvalue weighted by Gasteiger charge is 1.96. The Labute approximate surface area is 101 Å². The van der Waals surface area contributed by atoms with E-state index in [0.717, 1.165) is 11.8 Å². The van der Waals surface area contributed by atoms with Crippen molar-refractivity contribution >= 4 is 17.9 Å². The molecule has 0 fully saturated rings. The number of aldehydes is 1. The first-order valence-electron chi connectivity index (χ1n) is 5.58. The van der Waals surface area contributed by atoms with E-state index in [1.165, 1.54) is 11.1 Å². The predicted octanol–water partition coefficient (Wildman–Crippen LogP) is 4.06. The normalized spacial score (nSPS) is 11.2. The average molecular weight is 222 g/mol. The Hall–Kier alpha value is -2.15. The summed E-state index contributed by atoms with van der Waals surface area (Å²) in [5.41, 5.74) is 4.22. The van der Waals surface area contributed by atoms with Crippen LogP contribution < -0.4 is 0 Å². The molecule has 0 unspecified atom stereocenters. The van der Waals surface area contributed by atoms with Gasteiger partial charge in [-0.2, -0.15) is 0 Å². The van der Waals surface area contributed by atoms with Crippen LogP contribution in [0.15, 0.2) is 54.6 Å². The van der Waals surface area contributed by atoms with E-state index in [4.69, 9.17) is 0 Å². The molecule has 0 spiro atoms. The maximum atomic E-state index is 10.6. The second-order valence-electron chi connectivity index (χ2n) is 3.98. The van der Waals surface area contributed by atoms with Crippen molar-refractivity contribution in [2.45, 2.75) is 6.92 Å². The van der Waals surface area contributed by atoms with E-state index in [1.54, 1.807) is 0 Å². The van der Waals surface area contributed by atoms with Crippen molar-refractivity contribution in [1.82, 2.24) is 0 Å². The first kappa shape index (κ1) is 11.3. The summed E-state index contributed by atoms with van der Waals surface area (Å²) in [6.07, 6.45) is 3.00. The predicted molar refractivity (Wildman–Crippen MR) is 71.8 cm³/mol. The van der Waals surface area contributed by atoms with Gasteiger partial charge in [-0.3, -0.25) is 4.79 Å². The van der Waals surface area contributed by atoms with E-state index in [0.29, 0.717) is 5.56 Å². The van der Waals surface area contributed by atoms with E-state index in [2.05, 4.69) is 25.1 Å². The molecule has 0 radical (unpaired) electrons. The molecule has 0 aliphatic carbocycles. The molecule has 1 nitrogen and oxygen atoms in total. The Bertz CT molecular complexity index is 521. The minimum absolute atomic E-state index is 0.710. The lowest BCUT2D eigenvalue weighted by molar-refractivity contribution is 0.112. The van der Waals surface area contributed by atoms with Gasteiger partial charge < -0.3 is 0 Å². The van der Waals surface area contributed by atoms with Crippen LogP contribution in [0.1, 0.15) is 28.4 Å². The maximum Gasteiger partial charge on any atom is 0.150 e. The Morgan fingerprint density at radius 3 is 2.12 bits per heavy atom. The van der Waals surface area contributed by atoms with E-state index in [9.17, 15) is 4.79 Å². The molecule has 84 valence electrons. The molecular formula is C16H14O. The van der Waals surface area contributed by atoms with E-state index < -0.39 is 0 Å². The summed E-state index contributed by atoms with van der Waals surface area (Å²) < 4.78 is 0. The van der Waals surface area contributed by atoms with Crippen LogP contribution >= 0.6 is 0 Å². The lowest BCUT2D eigenvalue weighted by atomic mass is 10.0. The molecule has 0 saturated heterocycles. The summed E-state index contributed by atoms with van der Waals surface area (Å²) in [6, 6.07) is 17.8. The van der Waals surface area contributed by atoms with Crippen LogP contribution in [0.3, 0.4) is 0 Å². The fraction of sp³-hybridized carbons (Fsp3) is 0.0625. The molecule has 1 heteroatoms. The molecule has 0 heterocycles. The molecule has 2 aromatic rings. The molecule has 2 aromatic carbocycles. The summed E-state index contributed by atoms with van der Waals surface area (Å²) in [7, 11) is 0. The number of hydrogen-bond acceptors (Lipinski definition) is 1. The van der Waals surface area contributed by atoms with Gasteiger partial charge in [-0.1, -0.05) is 60.7 Å². The molecule has 0 aromatic heterocycles. The first-order chi connectivity index (χ1) is 8.29. The van der Waals surface area contributed by atoms with Crippen LogP contribution in [-0.4, -0.2) is 6.29 Å². The number of allylic oxidation sites excluding steroid dienone is 1. The molecule has 0 saturated carbocycles. The number of rotatable bonds is 3. The van der Waals surface area contributed by atoms with Crippen molar-refractivity contribution < 1.29 is 4.79 Å². The smallest absolute Gasteiger partial charge is 0.150 e. The van der Waals surface area contributed by atoms with Gasteiger partial charge in [0.05, 0.1) is 0 Å². The van der Waals surface area contributed by atoms with Crippen LogP contribution in [0.4, 0.5) is 0 Å². The van der Waals surface area contributed by atoms with Gasteiger partial charge in [0.2, 0.25) is 0 Å². The van der Waals surface area contributed by atoms with Gasteiger partial charge in [-0.05, 0) is 23.6 Å². The highest BCUT2D eigenvalue weighted by molar-refractivity contribution is 5.82. The third-order valence-electron chi connectivity index (χ3n) is 2.68. The summed E-state index contributed by atoms with van der Waals surface area (Å²) in [6.45, 7) is 2.07. The third kappa shape index (κ3) is 2.91. The van der Waals surface area contributed by atoms with Crippen molar-refractivity contribution in [1.29, 1.82) is 0 Å². The Morgan fingerprint density at radius 2 is 1.53 bits per heavy atom. The van der Waals surface area contributed by atoms with Crippen molar-refractivity contribution in [3.05, 3.63) is 71.3 Å².